The van der Waals surface area contributed by atoms with Gasteiger partial charge in [-0.25, -0.2) is 9.59 Å². The van der Waals surface area contributed by atoms with Gasteiger partial charge in [0.05, 0.1) is 0 Å². The molecule has 1 aromatic rings. The molecule has 0 bridgehead atoms. The number of nitrogens with zero attached hydrogens (tertiary/aromatic N) is 2. The van der Waals surface area contributed by atoms with Crippen molar-refractivity contribution in [3.63, 3.8) is 0 Å². The molecule has 2 aliphatic rings. The van der Waals surface area contributed by atoms with E-state index in [2.05, 4.69) is 10.6 Å². The van der Waals surface area contributed by atoms with Crippen molar-refractivity contribution in [1.82, 2.24) is 15.1 Å². The van der Waals surface area contributed by atoms with Crippen molar-refractivity contribution in [2.75, 3.05) is 31.5 Å². The van der Waals surface area contributed by atoms with E-state index >= 15 is 0 Å². The van der Waals surface area contributed by atoms with Gasteiger partial charge in [-0.3, -0.25) is 0 Å². The van der Waals surface area contributed by atoms with Crippen LogP contribution in [0.25, 0.3) is 0 Å². The van der Waals surface area contributed by atoms with Gasteiger partial charge in [0, 0.05) is 37.9 Å². The third-order valence-electron chi connectivity index (χ3n) is 4.33. The number of amides is 4. The quantitative estimate of drug-likeness (QED) is 0.878. The number of hydrogen-bond acceptors (Lipinski definition) is 2. The predicted molar refractivity (Wildman–Crippen MR) is 84.8 cm³/mol. The van der Waals surface area contributed by atoms with Crippen molar-refractivity contribution < 1.29 is 9.59 Å². The third kappa shape index (κ3) is 3.32. The average Bonchev–Trinajstić information content (AvgIpc) is 2.56. The Morgan fingerprint density at radius 3 is 2.55 bits per heavy atom. The Balaban J connectivity index is 1.51. The lowest BCUT2D eigenvalue weighted by atomic mass is 10.0. The number of likely N-dealkylation sites (tertiary alicyclic amines) is 1. The summed E-state index contributed by atoms with van der Waals surface area (Å²) < 4.78 is 0. The molecule has 2 fully saturated rings. The Morgan fingerprint density at radius 2 is 1.86 bits per heavy atom. The fourth-order valence-corrected chi connectivity index (χ4v) is 3.10. The molecule has 0 aromatic heterocycles. The Morgan fingerprint density at radius 1 is 1.14 bits per heavy atom. The summed E-state index contributed by atoms with van der Waals surface area (Å²) in [5.74, 6) is 0. The second-order valence-electron chi connectivity index (χ2n) is 5.79. The zero-order chi connectivity index (χ0) is 15.4. The van der Waals surface area contributed by atoms with Crippen molar-refractivity contribution in [3.05, 3.63) is 30.3 Å². The van der Waals surface area contributed by atoms with Gasteiger partial charge in [0.25, 0.3) is 0 Å². The minimum atomic E-state index is -0.0623. The van der Waals surface area contributed by atoms with Gasteiger partial charge in [0.15, 0.2) is 0 Å². The van der Waals surface area contributed by atoms with Crippen LogP contribution in [0.4, 0.5) is 15.3 Å². The topological polar surface area (TPSA) is 64.7 Å². The summed E-state index contributed by atoms with van der Waals surface area (Å²) in [6, 6.07) is 9.71. The maximum atomic E-state index is 12.2. The Hall–Kier alpha value is -2.24. The molecule has 4 amide bonds. The molecule has 3 rings (SSSR count). The summed E-state index contributed by atoms with van der Waals surface area (Å²) in [4.78, 5) is 27.9. The van der Waals surface area contributed by atoms with Crippen molar-refractivity contribution in [2.45, 2.75) is 25.3 Å². The van der Waals surface area contributed by atoms with Gasteiger partial charge < -0.3 is 20.4 Å². The van der Waals surface area contributed by atoms with E-state index in [1.54, 1.807) is 0 Å². The molecule has 118 valence electrons. The largest absolute Gasteiger partial charge is 0.338 e. The van der Waals surface area contributed by atoms with Gasteiger partial charge in [0.1, 0.15) is 0 Å². The highest BCUT2D eigenvalue weighted by atomic mass is 16.2. The number of anilines is 1. The standard InChI is InChI=1S/C16H22N4O2/c21-15-17-9-4-10-20(15)14-7-11-19(12-8-14)16(22)18-13-5-2-1-3-6-13/h1-3,5-6,14H,4,7-12H2,(H,17,21)(H,18,22). The van der Waals surface area contributed by atoms with Crippen LogP contribution in [-0.4, -0.2) is 54.1 Å². The normalized spacial score (nSPS) is 19.7. The fraction of sp³-hybridized carbons (Fsp3) is 0.500. The lowest BCUT2D eigenvalue weighted by Gasteiger charge is -2.40. The van der Waals surface area contributed by atoms with E-state index in [0.717, 1.165) is 38.0 Å². The minimum Gasteiger partial charge on any atom is -0.338 e. The van der Waals surface area contributed by atoms with Crippen LogP contribution in [-0.2, 0) is 0 Å². The van der Waals surface area contributed by atoms with E-state index in [-0.39, 0.29) is 18.1 Å². The number of rotatable bonds is 2. The molecule has 2 aliphatic heterocycles. The molecule has 6 nitrogen and oxygen atoms in total. The molecule has 2 heterocycles. The molecule has 2 saturated heterocycles. The number of hydrogen-bond donors (Lipinski definition) is 2. The molecule has 0 radical (unpaired) electrons. The zero-order valence-corrected chi connectivity index (χ0v) is 12.6. The average molecular weight is 302 g/mol. The number of para-hydroxylation sites is 1. The van der Waals surface area contributed by atoms with Crippen LogP contribution in [0.3, 0.4) is 0 Å². The second kappa shape index (κ2) is 6.68. The van der Waals surface area contributed by atoms with E-state index in [1.807, 2.05) is 40.1 Å². The minimum absolute atomic E-state index is 0.0402. The van der Waals surface area contributed by atoms with E-state index in [0.29, 0.717) is 13.1 Å². The van der Waals surface area contributed by atoms with Crippen LogP contribution >= 0.6 is 0 Å². The molecule has 1 aromatic carbocycles. The molecule has 0 aliphatic carbocycles. The molecular formula is C16H22N4O2. The first-order valence-electron chi connectivity index (χ1n) is 7.89. The lowest BCUT2D eigenvalue weighted by molar-refractivity contribution is 0.122. The van der Waals surface area contributed by atoms with Crippen LogP contribution < -0.4 is 10.6 Å². The lowest BCUT2D eigenvalue weighted by Crippen LogP contribution is -2.55. The van der Waals surface area contributed by atoms with Gasteiger partial charge >= 0.3 is 12.1 Å². The first-order chi connectivity index (χ1) is 10.7. The monoisotopic (exact) mass is 302 g/mol. The van der Waals surface area contributed by atoms with Gasteiger partial charge in [-0.15, -0.1) is 0 Å². The maximum Gasteiger partial charge on any atom is 0.321 e. The Kier molecular flexibility index (Phi) is 4.46. The van der Waals surface area contributed by atoms with E-state index in [9.17, 15) is 9.59 Å². The highest BCUT2D eigenvalue weighted by Crippen LogP contribution is 2.19. The smallest absolute Gasteiger partial charge is 0.321 e. The first-order valence-corrected chi connectivity index (χ1v) is 7.89. The van der Waals surface area contributed by atoms with Crippen LogP contribution in [0.15, 0.2) is 30.3 Å². The van der Waals surface area contributed by atoms with E-state index < -0.39 is 0 Å². The number of piperidine rings is 1. The molecule has 0 saturated carbocycles. The first kappa shape index (κ1) is 14.7. The van der Waals surface area contributed by atoms with Gasteiger partial charge in [-0.2, -0.15) is 0 Å². The Bertz CT molecular complexity index is 526. The second-order valence-corrected chi connectivity index (χ2v) is 5.79. The van der Waals surface area contributed by atoms with Crippen LogP contribution in [0.2, 0.25) is 0 Å². The fourth-order valence-electron chi connectivity index (χ4n) is 3.10. The number of carbonyl (C=O) groups is 2. The van der Waals surface area contributed by atoms with Crippen molar-refractivity contribution in [1.29, 1.82) is 0 Å². The summed E-state index contributed by atoms with van der Waals surface area (Å²) >= 11 is 0. The number of carbonyl (C=O) groups excluding carboxylic acids is 2. The van der Waals surface area contributed by atoms with Crippen molar-refractivity contribution in [2.24, 2.45) is 0 Å². The summed E-state index contributed by atoms with van der Waals surface area (Å²) in [7, 11) is 0. The highest BCUT2D eigenvalue weighted by molar-refractivity contribution is 5.89. The molecule has 22 heavy (non-hydrogen) atoms. The molecule has 0 unspecified atom stereocenters. The SMILES string of the molecule is O=C(Nc1ccccc1)N1CCC(N2CCCNC2=O)CC1. The molecule has 0 atom stereocenters. The number of urea groups is 2. The third-order valence-corrected chi connectivity index (χ3v) is 4.33. The van der Waals surface area contributed by atoms with E-state index in [1.165, 1.54) is 0 Å². The summed E-state index contributed by atoms with van der Waals surface area (Å²) in [6.45, 7) is 2.97. The molecular weight excluding hydrogens is 280 g/mol. The number of nitrogens with one attached hydrogen (secondary N) is 2. The summed E-state index contributed by atoms with van der Waals surface area (Å²) in [6.07, 6.45) is 2.69. The molecule has 0 spiro atoms. The highest BCUT2D eigenvalue weighted by Gasteiger charge is 2.30. The predicted octanol–water partition coefficient (Wildman–Crippen LogP) is 2.10. The van der Waals surface area contributed by atoms with Gasteiger partial charge in [0.2, 0.25) is 0 Å². The van der Waals surface area contributed by atoms with Crippen LogP contribution in [0.1, 0.15) is 19.3 Å². The van der Waals surface area contributed by atoms with Crippen molar-refractivity contribution >= 4 is 17.7 Å². The Labute approximate surface area is 130 Å². The molecule has 6 heteroatoms. The van der Waals surface area contributed by atoms with Crippen LogP contribution in [0, 0.1) is 0 Å². The zero-order valence-electron chi connectivity index (χ0n) is 12.6. The van der Waals surface area contributed by atoms with Crippen molar-refractivity contribution in [3.8, 4) is 0 Å². The molecule has 2 N–H and O–H groups in total. The maximum absolute atomic E-state index is 12.2. The van der Waals surface area contributed by atoms with Gasteiger partial charge in [-0.1, -0.05) is 18.2 Å². The summed E-state index contributed by atoms with van der Waals surface area (Å²) in [5.41, 5.74) is 0.810. The van der Waals surface area contributed by atoms with E-state index in [4.69, 9.17) is 0 Å². The summed E-state index contributed by atoms with van der Waals surface area (Å²) in [5, 5.41) is 5.80. The van der Waals surface area contributed by atoms with Crippen LogP contribution in [0.5, 0.6) is 0 Å². The number of benzene rings is 1. The van der Waals surface area contributed by atoms with Gasteiger partial charge in [-0.05, 0) is 31.4 Å².